The fourth-order valence-corrected chi connectivity index (χ4v) is 10.7. The molecule has 0 unspecified atom stereocenters. The Morgan fingerprint density at radius 1 is 0.367 bits per heavy atom. The van der Waals surface area contributed by atoms with Crippen molar-refractivity contribution in [3.63, 3.8) is 0 Å². The maximum atomic E-state index is 2.74. The van der Waals surface area contributed by atoms with E-state index in [4.69, 9.17) is 0 Å². The summed E-state index contributed by atoms with van der Waals surface area (Å²) in [6.45, 7) is 0. The maximum absolute atomic E-state index is 2.74. The highest BCUT2D eigenvalue weighted by Crippen LogP contribution is 2.59. The molecule has 2 fully saturated rings. The lowest BCUT2D eigenvalue weighted by atomic mass is 9.59. The normalized spacial score (nSPS) is 22.0. The van der Waals surface area contributed by atoms with Crippen molar-refractivity contribution in [2.24, 2.45) is 0 Å². The van der Waals surface area contributed by atoms with Gasteiger partial charge in [0.15, 0.2) is 0 Å². The first kappa shape index (κ1) is 28.0. The highest BCUT2D eigenvalue weighted by molar-refractivity contribution is 6.11. The summed E-state index contributed by atoms with van der Waals surface area (Å²) < 4.78 is 2.54. The molecule has 13 rings (SSSR count). The van der Waals surface area contributed by atoms with Gasteiger partial charge in [0, 0.05) is 16.5 Å². The highest BCUT2D eigenvalue weighted by Gasteiger charge is 2.41. The second-order valence-electron chi connectivity index (χ2n) is 15.4. The van der Waals surface area contributed by atoms with Crippen LogP contribution in [0.3, 0.4) is 0 Å². The van der Waals surface area contributed by atoms with E-state index in [-0.39, 0.29) is 0 Å². The SMILES string of the molecule is c1ccc(-c2ccc3c(c2)c2cc(-c4ccccc4)ccc2n3-c2cccc(-c3c4c(cc5c3C3CCC5CC3)C3CCC4CC3)c2)cc1. The molecule has 1 heteroatoms. The molecule has 0 radical (unpaired) electrons. The van der Waals surface area contributed by atoms with Gasteiger partial charge < -0.3 is 4.57 Å². The van der Waals surface area contributed by atoms with Crippen LogP contribution in [0.4, 0.5) is 0 Å². The molecule has 0 N–H and O–H groups in total. The van der Waals surface area contributed by atoms with Crippen LogP contribution in [0.5, 0.6) is 0 Å². The van der Waals surface area contributed by atoms with Crippen molar-refractivity contribution in [2.75, 3.05) is 0 Å². The summed E-state index contributed by atoms with van der Waals surface area (Å²) in [6, 6.07) is 48.2. The van der Waals surface area contributed by atoms with Crippen molar-refractivity contribution in [2.45, 2.75) is 75.0 Å². The van der Waals surface area contributed by atoms with Gasteiger partial charge in [-0.05, 0) is 167 Å². The average molecular weight is 632 g/mol. The summed E-state index contributed by atoms with van der Waals surface area (Å²) in [6.07, 6.45) is 11.1. The summed E-state index contributed by atoms with van der Waals surface area (Å²) in [5, 5.41) is 2.62. The summed E-state index contributed by atoms with van der Waals surface area (Å²) in [4.78, 5) is 0. The van der Waals surface area contributed by atoms with Crippen LogP contribution in [-0.4, -0.2) is 4.57 Å². The van der Waals surface area contributed by atoms with Gasteiger partial charge >= 0.3 is 0 Å². The Kier molecular flexibility index (Phi) is 6.18. The third-order valence-electron chi connectivity index (χ3n) is 13.0. The highest BCUT2D eigenvalue weighted by atomic mass is 15.0. The fourth-order valence-electron chi connectivity index (χ4n) is 10.7. The zero-order chi connectivity index (χ0) is 32.1. The minimum absolute atomic E-state index is 0.727. The third-order valence-corrected chi connectivity index (χ3v) is 13.0. The molecule has 7 aromatic rings. The molecule has 0 atom stereocenters. The Morgan fingerprint density at radius 3 is 1.35 bits per heavy atom. The van der Waals surface area contributed by atoms with Crippen LogP contribution in [0.25, 0.3) is 60.9 Å². The molecule has 1 nitrogen and oxygen atoms in total. The largest absolute Gasteiger partial charge is 0.309 e. The molecule has 0 amide bonds. The summed E-state index contributed by atoms with van der Waals surface area (Å²) in [7, 11) is 0. The smallest absolute Gasteiger partial charge is 0.0541 e. The molecule has 0 saturated heterocycles. The van der Waals surface area contributed by atoms with E-state index in [1.807, 2.05) is 0 Å². The van der Waals surface area contributed by atoms with Gasteiger partial charge in [0.25, 0.3) is 0 Å². The average Bonchev–Trinajstić information content (AvgIpc) is 3.52. The summed E-state index contributed by atoms with van der Waals surface area (Å²) >= 11 is 0. The monoisotopic (exact) mass is 631 g/mol. The fraction of sp³-hybridized carbons (Fsp3) is 0.250. The second-order valence-corrected chi connectivity index (χ2v) is 15.4. The minimum Gasteiger partial charge on any atom is -0.309 e. The number of fused-ring (bicyclic) bond motifs is 7. The van der Waals surface area contributed by atoms with E-state index in [0.29, 0.717) is 0 Å². The van der Waals surface area contributed by atoms with E-state index < -0.39 is 0 Å². The van der Waals surface area contributed by atoms with Gasteiger partial charge in [-0.15, -0.1) is 0 Å². The van der Waals surface area contributed by atoms with Crippen molar-refractivity contribution in [3.8, 4) is 39.1 Å². The molecule has 2 saturated carbocycles. The zero-order valence-electron chi connectivity index (χ0n) is 28.0. The topological polar surface area (TPSA) is 4.93 Å². The van der Waals surface area contributed by atoms with Crippen LogP contribution in [-0.2, 0) is 0 Å². The van der Waals surface area contributed by atoms with Crippen LogP contribution >= 0.6 is 0 Å². The number of hydrogen-bond acceptors (Lipinski definition) is 0. The number of rotatable bonds is 4. The van der Waals surface area contributed by atoms with Crippen LogP contribution in [0.15, 0.2) is 127 Å². The first-order valence-corrected chi connectivity index (χ1v) is 18.8. The van der Waals surface area contributed by atoms with E-state index in [9.17, 15) is 0 Å². The lowest BCUT2D eigenvalue weighted by Gasteiger charge is -2.46. The maximum Gasteiger partial charge on any atom is 0.0541 e. The Balaban J connectivity index is 1.15. The van der Waals surface area contributed by atoms with Crippen molar-refractivity contribution >= 4 is 21.8 Å². The van der Waals surface area contributed by atoms with Gasteiger partial charge in [-0.2, -0.15) is 0 Å². The van der Waals surface area contributed by atoms with Gasteiger partial charge in [-0.3, -0.25) is 0 Å². The van der Waals surface area contributed by atoms with E-state index >= 15 is 0 Å². The molecule has 6 aliphatic rings. The van der Waals surface area contributed by atoms with Gasteiger partial charge in [0.1, 0.15) is 0 Å². The molecule has 1 aromatic heterocycles. The van der Waals surface area contributed by atoms with Gasteiger partial charge in [0.05, 0.1) is 11.0 Å². The predicted molar refractivity (Wildman–Crippen MR) is 205 cm³/mol. The Morgan fingerprint density at radius 2 is 0.837 bits per heavy atom. The van der Waals surface area contributed by atoms with Crippen LogP contribution < -0.4 is 0 Å². The molecule has 49 heavy (non-hydrogen) atoms. The first-order valence-electron chi connectivity index (χ1n) is 18.8. The molecule has 1 heterocycles. The van der Waals surface area contributed by atoms with Crippen LogP contribution in [0.1, 0.15) is 97.3 Å². The lowest BCUT2D eigenvalue weighted by molar-refractivity contribution is 0.342. The molecule has 0 aliphatic heterocycles. The number of nitrogens with zero attached hydrogens (tertiary/aromatic N) is 1. The molecule has 6 aliphatic carbocycles. The molecule has 6 aromatic carbocycles. The summed E-state index contributed by atoms with van der Waals surface area (Å²) in [5.41, 5.74) is 18.9. The zero-order valence-corrected chi connectivity index (χ0v) is 28.0. The second kappa shape index (κ2) is 10.8. The number of hydrogen-bond donors (Lipinski definition) is 0. The Labute approximate surface area is 289 Å². The standard InChI is InChI=1S/C48H41N/c1-3-8-30(9-4-1)36-22-24-44-42(27-36)43-28-37(31-10-5-2-6-11-31)23-25-45(43)49(44)39-13-7-12-38(26-39)48-46-34-18-14-32(15-19-34)40(46)29-41-33-16-20-35(21-17-33)47(41)48/h1-13,22-29,32-35H,14-21H2. The van der Waals surface area contributed by atoms with E-state index in [1.165, 1.54) is 107 Å². The quantitative estimate of drug-likeness (QED) is 0.182. The van der Waals surface area contributed by atoms with Crippen molar-refractivity contribution < 1.29 is 0 Å². The van der Waals surface area contributed by atoms with E-state index in [0.717, 1.165) is 23.7 Å². The summed E-state index contributed by atoms with van der Waals surface area (Å²) in [5.74, 6) is 2.99. The van der Waals surface area contributed by atoms with Crippen molar-refractivity contribution in [1.82, 2.24) is 4.57 Å². The first-order chi connectivity index (χ1) is 24.3. The van der Waals surface area contributed by atoms with Crippen molar-refractivity contribution in [1.29, 1.82) is 0 Å². The molecule has 238 valence electrons. The molecular formula is C48H41N. The number of benzene rings is 6. The van der Waals surface area contributed by atoms with Gasteiger partial charge in [-0.25, -0.2) is 0 Å². The third kappa shape index (κ3) is 4.24. The number of aromatic nitrogens is 1. The van der Waals surface area contributed by atoms with E-state index in [2.05, 4.69) is 132 Å². The van der Waals surface area contributed by atoms with Gasteiger partial charge in [-0.1, -0.05) is 91.0 Å². The minimum atomic E-state index is 0.727. The van der Waals surface area contributed by atoms with Crippen molar-refractivity contribution in [3.05, 3.63) is 150 Å². The molecule has 4 bridgehead atoms. The molecule has 0 spiro atoms. The Bertz CT molecular complexity index is 2250. The Hall–Kier alpha value is -4.88. The van der Waals surface area contributed by atoms with E-state index in [1.54, 1.807) is 27.8 Å². The molecular weight excluding hydrogens is 591 g/mol. The van der Waals surface area contributed by atoms with Crippen LogP contribution in [0.2, 0.25) is 0 Å². The van der Waals surface area contributed by atoms with Gasteiger partial charge in [0.2, 0.25) is 0 Å². The van der Waals surface area contributed by atoms with Crippen LogP contribution in [0, 0.1) is 0 Å². The predicted octanol–water partition coefficient (Wildman–Crippen LogP) is 13.3. The lowest BCUT2D eigenvalue weighted by Crippen LogP contribution is -2.28.